The number of rotatable bonds is 9. The fourth-order valence-electron chi connectivity index (χ4n) is 4.27. The normalized spacial score (nSPS) is 21.8. The summed E-state index contributed by atoms with van der Waals surface area (Å²) in [6.07, 6.45) is 1.99. The average molecular weight is 533 g/mol. The maximum absolute atomic E-state index is 13.4. The standard InChI is InChI=1S/C27H33FN2O8/c1-5-22-20(14-18-6-8-19(28)9-7-18)16(2)38-27(33)21(11-13-35-22)30-26(32)24-25(37-15-36-17(3)31)23(34-4)10-12-29-24/h6-10,12,16,20-22H,5,11,13-15H2,1-4H3,(H,30,32)/t16-,20-,21-,22+/m0/s1. The maximum Gasteiger partial charge on any atom is 0.329 e. The van der Waals surface area contributed by atoms with Gasteiger partial charge < -0.3 is 29.0 Å². The van der Waals surface area contributed by atoms with Crippen molar-refractivity contribution in [3.05, 3.63) is 53.6 Å². The van der Waals surface area contributed by atoms with E-state index in [-0.39, 0.29) is 48.1 Å². The number of aromatic nitrogens is 1. The van der Waals surface area contributed by atoms with Crippen LogP contribution >= 0.6 is 0 Å². The lowest BCUT2D eigenvalue weighted by Gasteiger charge is -2.30. The molecule has 0 aliphatic carbocycles. The molecule has 38 heavy (non-hydrogen) atoms. The number of pyridine rings is 1. The number of hydrogen-bond donors (Lipinski definition) is 1. The summed E-state index contributed by atoms with van der Waals surface area (Å²) in [5.74, 6) is -2.23. The third-order valence-electron chi connectivity index (χ3n) is 6.27. The summed E-state index contributed by atoms with van der Waals surface area (Å²) in [4.78, 5) is 41.5. The number of nitrogens with zero attached hydrogens (tertiary/aromatic N) is 1. The first-order chi connectivity index (χ1) is 18.2. The van der Waals surface area contributed by atoms with Gasteiger partial charge in [0.25, 0.3) is 5.91 Å². The molecule has 0 radical (unpaired) electrons. The number of carbonyl (C=O) groups is 3. The summed E-state index contributed by atoms with van der Waals surface area (Å²) in [6.45, 7) is 4.73. The number of ether oxygens (including phenoxy) is 5. The summed E-state index contributed by atoms with van der Waals surface area (Å²) in [7, 11) is 1.39. The minimum Gasteiger partial charge on any atom is -0.493 e. The van der Waals surface area contributed by atoms with Crippen molar-refractivity contribution >= 4 is 17.8 Å². The highest BCUT2D eigenvalue weighted by Crippen LogP contribution is 2.30. The fourth-order valence-corrected chi connectivity index (χ4v) is 4.27. The van der Waals surface area contributed by atoms with Gasteiger partial charge in [0.15, 0.2) is 17.2 Å². The molecule has 1 aliphatic heterocycles. The second kappa shape index (κ2) is 13.7. The molecule has 2 aromatic rings. The number of nitrogens with one attached hydrogen (secondary N) is 1. The van der Waals surface area contributed by atoms with Gasteiger partial charge in [-0.15, -0.1) is 0 Å². The predicted molar refractivity (Wildman–Crippen MR) is 133 cm³/mol. The van der Waals surface area contributed by atoms with Crippen molar-refractivity contribution < 1.29 is 42.5 Å². The van der Waals surface area contributed by atoms with E-state index in [9.17, 15) is 18.8 Å². The molecule has 1 N–H and O–H groups in total. The molecule has 3 rings (SSSR count). The third-order valence-corrected chi connectivity index (χ3v) is 6.27. The van der Waals surface area contributed by atoms with Crippen molar-refractivity contribution in [1.29, 1.82) is 0 Å². The van der Waals surface area contributed by atoms with E-state index in [0.29, 0.717) is 12.8 Å². The van der Waals surface area contributed by atoms with Crippen LogP contribution in [0.5, 0.6) is 11.5 Å². The van der Waals surface area contributed by atoms with Gasteiger partial charge in [0.05, 0.1) is 13.2 Å². The van der Waals surface area contributed by atoms with Crippen LogP contribution in [0.2, 0.25) is 0 Å². The molecule has 206 valence electrons. The Bertz CT molecular complexity index is 1110. The van der Waals surface area contributed by atoms with Crippen molar-refractivity contribution in [2.24, 2.45) is 5.92 Å². The highest BCUT2D eigenvalue weighted by atomic mass is 19.1. The first-order valence-electron chi connectivity index (χ1n) is 12.4. The summed E-state index contributed by atoms with van der Waals surface area (Å²) >= 11 is 0. The lowest BCUT2D eigenvalue weighted by molar-refractivity contribution is -0.154. The molecule has 0 saturated carbocycles. The summed E-state index contributed by atoms with van der Waals surface area (Å²) in [5, 5.41) is 2.65. The highest BCUT2D eigenvalue weighted by molar-refractivity contribution is 5.98. The van der Waals surface area contributed by atoms with Crippen LogP contribution in [0.15, 0.2) is 36.5 Å². The van der Waals surface area contributed by atoms with E-state index < -0.39 is 36.8 Å². The molecular weight excluding hydrogens is 499 g/mol. The van der Waals surface area contributed by atoms with E-state index in [1.54, 1.807) is 19.1 Å². The minimum absolute atomic E-state index is 0.0415. The Hall–Kier alpha value is -3.73. The van der Waals surface area contributed by atoms with Crippen LogP contribution in [-0.4, -0.2) is 61.6 Å². The van der Waals surface area contributed by atoms with Crippen LogP contribution in [0.4, 0.5) is 4.39 Å². The number of benzene rings is 1. The molecule has 2 heterocycles. The molecule has 1 aliphatic rings. The van der Waals surface area contributed by atoms with Crippen LogP contribution in [-0.2, 0) is 30.2 Å². The van der Waals surface area contributed by atoms with Crippen LogP contribution in [0.3, 0.4) is 0 Å². The van der Waals surface area contributed by atoms with Crippen molar-refractivity contribution in [3.8, 4) is 11.5 Å². The van der Waals surface area contributed by atoms with E-state index >= 15 is 0 Å². The summed E-state index contributed by atoms with van der Waals surface area (Å²) in [6, 6.07) is 6.66. The first kappa shape index (κ1) is 28.8. The quantitative estimate of drug-likeness (QED) is 0.383. The van der Waals surface area contributed by atoms with Gasteiger partial charge in [-0.3, -0.25) is 9.59 Å². The second-order valence-corrected chi connectivity index (χ2v) is 8.86. The SMILES string of the molecule is CC[C@H]1OCC[C@H](NC(=O)c2nccc(OC)c2OCOC(C)=O)C(=O)O[C@@H](C)[C@@H]1Cc1ccc(F)cc1. The zero-order valence-electron chi connectivity index (χ0n) is 21.9. The van der Waals surface area contributed by atoms with E-state index in [2.05, 4.69) is 10.3 Å². The van der Waals surface area contributed by atoms with Gasteiger partial charge in [-0.25, -0.2) is 14.2 Å². The molecule has 1 fully saturated rings. The van der Waals surface area contributed by atoms with E-state index in [4.69, 9.17) is 23.7 Å². The Morgan fingerprint density at radius 2 is 1.95 bits per heavy atom. The highest BCUT2D eigenvalue weighted by Gasteiger charge is 2.35. The Labute approximate surface area is 220 Å². The number of hydrogen-bond acceptors (Lipinski definition) is 9. The van der Waals surface area contributed by atoms with Crippen LogP contribution < -0.4 is 14.8 Å². The molecule has 1 aromatic heterocycles. The Morgan fingerprint density at radius 3 is 2.61 bits per heavy atom. The molecule has 11 heteroatoms. The van der Waals surface area contributed by atoms with Gasteiger partial charge in [0, 0.05) is 38.1 Å². The molecule has 1 saturated heterocycles. The molecule has 1 aromatic carbocycles. The van der Waals surface area contributed by atoms with Gasteiger partial charge in [-0.1, -0.05) is 19.1 Å². The zero-order valence-corrected chi connectivity index (χ0v) is 21.9. The van der Waals surface area contributed by atoms with Gasteiger partial charge in [0.2, 0.25) is 6.79 Å². The number of halogens is 1. The molecule has 0 spiro atoms. The number of carbonyl (C=O) groups excluding carboxylic acids is 3. The fraction of sp³-hybridized carbons (Fsp3) is 0.481. The maximum atomic E-state index is 13.4. The number of amides is 1. The van der Waals surface area contributed by atoms with Crippen molar-refractivity contribution in [2.75, 3.05) is 20.5 Å². The van der Waals surface area contributed by atoms with E-state index in [1.807, 2.05) is 6.92 Å². The van der Waals surface area contributed by atoms with Crippen molar-refractivity contribution in [3.63, 3.8) is 0 Å². The Morgan fingerprint density at radius 1 is 1.21 bits per heavy atom. The van der Waals surface area contributed by atoms with Crippen molar-refractivity contribution in [1.82, 2.24) is 10.3 Å². The van der Waals surface area contributed by atoms with Gasteiger partial charge in [0.1, 0.15) is 18.0 Å². The molecule has 0 bridgehead atoms. The van der Waals surface area contributed by atoms with Crippen LogP contribution in [0, 0.1) is 11.7 Å². The lowest BCUT2D eigenvalue weighted by atomic mass is 9.88. The monoisotopic (exact) mass is 532 g/mol. The molecule has 0 unspecified atom stereocenters. The Kier molecular flexibility index (Phi) is 10.4. The van der Waals surface area contributed by atoms with Gasteiger partial charge in [-0.05, 0) is 37.5 Å². The Balaban J connectivity index is 1.76. The van der Waals surface area contributed by atoms with Crippen LogP contribution in [0.25, 0.3) is 0 Å². The van der Waals surface area contributed by atoms with Gasteiger partial charge >= 0.3 is 11.9 Å². The summed E-state index contributed by atoms with van der Waals surface area (Å²) in [5.41, 5.74) is 0.745. The smallest absolute Gasteiger partial charge is 0.329 e. The first-order valence-corrected chi connectivity index (χ1v) is 12.4. The molecular formula is C27H33FN2O8. The van der Waals surface area contributed by atoms with Gasteiger partial charge in [-0.2, -0.15) is 0 Å². The number of esters is 2. The predicted octanol–water partition coefficient (Wildman–Crippen LogP) is 3.22. The largest absolute Gasteiger partial charge is 0.493 e. The molecule has 1 amide bonds. The topological polar surface area (TPSA) is 122 Å². The van der Waals surface area contributed by atoms with E-state index in [1.165, 1.54) is 38.4 Å². The molecule has 10 nitrogen and oxygen atoms in total. The third kappa shape index (κ3) is 7.64. The zero-order chi connectivity index (χ0) is 27.7. The molecule has 4 atom stereocenters. The minimum atomic E-state index is -1.01. The van der Waals surface area contributed by atoms with E-state index in [0.717, 1.165) is 5.56 Å². The van der Waals surface area contributed by atoms with Crippen LogP contribution in [0.1, 0.15) is 49.7 Å². The van der Waals surface area contributed by atoms with Crippen molar-refractivity contribution in [2.45, 2.75) is 58.3 Å². The number of cyclic esters (lactones) is 1. The summed E-state index contributed by atoms with van der Waals surface area (Å²) < 4.78 is 40.8. The lowest BCUT2D eigenvalue weighted by Crippen LogP contribution is -2.44. The second-order valence-electron chi connectivity index (χ2n) is 8.86. The number of methoxy groups -OCH3 is 1. The average Bonchev–Trinajstić information content (AvgIpc) is 2.94.